The Bertz CT molecular complexity index is 338. The van der Waals surface area contributed by atoms with Gasteiger partial charge in [-0.15, -0.1) is 0 Å². The molecule has 74 valence electrons. The highest BCUT2D eigenvalue weighted by Gasteiger charge is 2.28. The van der Waals surface area contributed by atoms with E-state index in [0.717, 1.165) is 30.5 Å². The number of anilines is 1. The van der Waals surface area contributed by atoms with Gasteiger partial charge in [0.2, 0.25) is 0 Å². The fraction of sp³-hybridized carbons (Fsp3) is 0.364. The lowest BCUT2D eigenvalue weighted by molar-refractivity contribution is -0.109. The van der Waals surface area contributed by atoms with Gasteiger partial charge in [-0.05, 0) is 18.1 Å². The van der Waals surface area contributed by atoms with Gasteiger partial charge in [0.25, 0.3) is 0 Å². The molecular formula is C11H14N2O. The smallest absolute Gasteiger partial charge is 0.142 e. The molecule has 0 spiro atoms. The average molecular weight is 190 g/mol. The quantitative estimate of drug-likeness (QED) is 0.721. The number of hydrogen-bond donors (Lipinski definition) is 1. The molecule has 2 rings (SSSR count). The Balaban J connectivity index is 2.27. The summed E-state index contributed by atoms with van der Waals surface area (Å²) >= 11 is 0. The lowest BCUT2D eigenvalue weighted by Gasteiger charge is -2.40. The number of benzene rings is 1. The normalized spacial score (nSPS) is 20.4. The Morgan fingerprint density at radius 2 is 2.29 bits per heavy atom. The van der Waals surface area contributed by atoms with E-state index in [9.17, 15) is 4.79 Å². The van der Waals surface area contributed by atoms with Crippen LogP contribution in [0.2, 0.25) is 0 Å². The topological polar surface area (TPSA) is 46.3 Å². The lowest BCUT2D eigenvalue weighted by Crippen LogP contribution is -2.49. The van der Waals surface area contributed by atoms with Gasteiger partial charge in [-0.3, -0.25) is 0 Å². The summed E-state index contributed by atoms with van der Waals surface area (Å²) in [5.74, 6) is 0. The Morgan fingerprint density at radius 3 is 2.86 bits per heavy atom. The van der Waals surface area contributed by atoms with Crippen LogP contribution in [0.4, 0.5) is 5.69 Å². The van der Waals surface area contributed by atoms with E-state index in [4.69, 9.17) is 5.73 Å². The maximum atomic E-state index is 10.7. The molecule has 1 aliphatic heterocycles. The van der Waals surface area contributed by atoms with E-state index in [-0.39, 0.29) is 6.04 Å². The second-order valence-corrected chi connectivity index (χ2v) is 3.52. The van der Waals surface area contributed by atoms with Crippen LogP contribution < -0.4 is 10.6 Å². The summed E-state index contributed by atoms with van der Waals surface area (Å²) in [6.45, 7) is 1.48. The minimum absolute atomic E-state index is 0.0581. The first-order valence-electron chi connectivity index (χ1n) is 4.86. The summed E-state index contributed by atoms with van der Waals surface area (Å²) in [7, 11) is 0. The van der Waals surface area contributed by atoms with E-state index in [0.29, 0.717) is 6.54 Å². The van der Waals surface area contributed by atoms with Crippen LogP contribution in [0.3, 0.4) is 0 Å². The standard InChI is InChI=1S/C11H14N2O/c12-7-9-3-1-2-4-11(9)13-6-5-10(13)8-14/h1-4,8,10H,5-7,12H2. The Labute approximate surface area is 83.5 Å². The third-order valence-electron chi connectivity index (χ3n) is 2.74. The van der Waals surface area contributed by atoms with Crippen molar-refractivity contribution in [2.24, 2.45) is 5.73 Å². The summed E-state index contributed by atoms with van der Waals surface area (Å²) in [6, 6.07) is 8.05. The van der Waals surface area contributed by atoms with E-state index < -0.39 is 0 Å². The van der Waals surface area contributed by atoms with Crippen molar-refractivity contribution >= 4 is 12.0 Å². The van der Waals surface area contributed by atoms with Gasteiger partial charge in [-0.2, -0.15) is 0 Å². The van der Waals surface area contributed by atoms with E-state index in [1.165, 1.54) is 0 Å². The summed E-state index contributed by atoms with van der Waals surface area (Å²) in [6.07, 6.45) is 1.97. The predicted octanol–water partition coefficient (Wildman–Crippen LogP) is 0.923. The molecule has 1 atom stereocenters. The zero-order chi connectivity index (χ0) is 9.97. The number of carbonyl (C=O) groups excluding carboxylic acids is 1. The highest BCUT2D eigenvalue weighted by Crippen LogP contribution is 2.28. The zero-order valence-corrected chi connectivity index (χ0v) is 8.02. The first-order valence-corrected chi connectivity index (χ1v) is 4.86. The Hall–Kier alpha value is -1.35. The van der Waals surface area contributed by atoms with Crippen LogP contribution in [0.15, 0.2) is 24.3 Å². The van der Waals surface area contributed by atoms with Gasteiger partial charge < -0.3 is 15.4 Å². The lowest BCUT2D eigenvalue weighted by atomic mass is 10.0. The molecule has 2 N–H and O–H groups in total. The molecule has 3 heteroatoms. The van der Waals surface area contributed by atoms with E-state index in [1.807, 2.05) is 24.3 Å². The first kappa shape index (κ1) is 9.21. The number of rotatable bonds is 3. The number of nitrogens with two attached hydrogens (primary N) is 1. The van der Waals surface area contributed by atoms with Crippen molar-refractivity contribution in [2.45, 2.75) is 19.0 Å². The van der Waals surface area contributed by atoms with Crippen LogP contribution in [0.1, 0.15) is 12.0 Å². The SMILES string of the molecule is NCc1ccccc1N1CCC1C=O. The molecule has 1 aromatic rings. The van der Waals surface area contributed by atoms with Gasteiger partial charge in [0, 0.05) is 18.8 Å². The van der Waals surface area contributed by atoms with Crippen molar-refractivity contribution in [3.8, 4) is 0 Å². The molecule has 1 unspecified atom stereocenters. The van der Waals surface area contributed by atoms with Crippen molar-refractivity contribution in [2.75, 3.05) is 11.4 Å². The summed E-state index contributed by atoms with van der Waals surface area (Å²) in [5, 5.41) is 0. The average Bonchev–Trinajstić information content (AvgIpc) is 2.18. The van der Waals surface area contributed by atoms with Crippen molar-refractivity contribution in [1.82, 2.24) is 0 Å². The molecule has 0 aliphatic carbocycles. The molecule has 0 aromatic heterocycles. The van der Waals surface area contributed by atoms with Gasteiger partial charge in [0.05, 0.1) is 6.04 Å². The number of para-hydroxylation sites is 1. The first-order chi connectivity index (χ1) is 6.86. The van der Waals surface area contributed by atoms with Crippen LogP contribution >= 0.6 is 0 Å². The van der Waals surface area contributed by atoms with Crippen LogP contribution in [0, 0.1) is 0 Å². The van der Waals surface area contributed by atoms with Crippen molar-refractivity contribution < 1.29 is 4.79 Å². The van der Waals surface area contributed by atoms with E-state index >= 15 is 0 Å². The fourth-order valence-electron chi connectivity index (χ4n) is 1.81. The minimum Gasteiger partial charge on any atom is -0.361 e. The largest absolute Gasteiger partial charge is 0.361 e. The van der Waals surface area contributed by atoms with Gasteiger partial charge >= 0.3 is 0 Å². The van der Waals surface area contributed by atoms with Gasteiger partial charge in [-0.1, -0.05) is 18.2 Å². The summed E-state index contributed by atoms with van der Waals surface area (Å²) in [4.78, 5) is 12.8. The summed E-state index contributed by atoms with van der Waals surface area (Å²) < 4.78 is 0. The van der Waals surface area contributed by atoms with E-state index in [1.54, 1.807) is 0 Å². The third-order valence-corrected chi connectivity index (χ3v) is 2.74. The Morgan fingerprint density at radius 1 is 1.50 bits per heavy atom. The molecule has 0 amide bonds. The summed E-state index contributed by atoms with van der Waals surface area (Å²) in [5.41, 5.74) is 7.86. The molecule has 0 bridgehead atoms. The number of nitrogens with zero attached hydrogens (tertiary/aromatic N) is 1. The molecule has 1 heterocycles. The van der Waals surface area contributed by atoms with Crippen molar-refractivity contribution in [1.29, 1.82) is 0 Å². The van der Waals surface area contributed by atoms with Crippen LogP contribution in [0.25, 0.3) is 0 Å². The monoisotopic (exact) mass is 190 g/mol. The highest BCUT2D eigenvalue weighted by molar-refractivity contribution is 5.70. The van der Waals surface area contributed by atoms with Crippen LogP contribution in [-0.4, -0.2) is 18.9 Å². The number of aldehydes is 1. The van der Waals surface area contributed by atoms with Crippen LogP contribution in [0.5, 0.6) is 0 Å². The molecule has 0 radical (unpaired) electrons. The molecule has 1 aromatic carbocycles. The molecule has 1 saturated heterocycles. The predicted molar refractivity (Wildman–Crippen MR) is 56.1 cm³/mol. The number of carbonyl (C=O) groups is 1. The zero-order valence-electron chi connectivity index (χ0n) is 8.02. The number of hydrogen-bond acceptors (Lipinski definition) is 3. The highest BCUT2D eigenvalue weighted by atomic mass is 16.1. The van der Waals surface area contributed by atoms with Crippen LogP contribution in [-0.2, 0) is 11.3 Å². The molecule has 14 heavy (non-hydrogen) atoms. The molecule has 3 nitrogen and oxygen atoms in total. The molecule has 0 saturated carbocycles. The van der Waals surface area contributed by atoms with Crippen molar-refractivity contribution in [3.05, 3.63) is 29.8 Å². The van der Waals surface area contributed by atoms with Crippen molar-refractivity contribution in [3.63, 3.8) is 0 Å². The Kier molecular flexibility index (Phi) is 2.50. The van der Waals surface area contributed by atoms with Gasteiger partial charge in [0.1, 0.15) is 6.29 Å². The third kappa shape index (κ3) is 1.40. The van der Waals surface area contributed by atoms with E-state index in [2.05, 4.69) is 4.90 Å². The maximum absolute atomic E-state index is 10.7. The second kappa shape index (κ2) is 3.80. The van der Waals surface area contributed by atoms with Gasteiger partial charge in [0.15, 0.2) is 0 Å². The van der Waals surface area contributed by atoms with Gasteiger partial charge in [-0.25, -0.2) is 0 Å². The maximum Gasteiger partial charge on any atom is 0.142 e. The molecular weight excluding hydrogens is 176 g/mol. The fourth-order valence-corrected chi connectivity index (χ4v) is 1.81. The minimum atomic E-state index is 0.0581. The molecule has 1 fully saturated rings. The molecule has 1 aliphatic rings. The second-order valence-electron chi connectivity index (χ2n) is 3.52.